The molecule has 1 heterocycles. The summed E-state index contributed by atoms with van der Waals surface area (Å²) in [5, 5.41) is 0. The van der Waals surface area contributed by atoms with Gasteiger partial charge in [-0.3, -0.25) is 0 Å². The summed E-state index contributed by atoms with van der Waals surface area (Å²) in [6, 6.07) is 0. The van der Waals surface area contributed by atoms with E-state index in [9.17, 15) is 0 Å². The molecule has 1 aliphatic carbocycles. The summed E-state index contributed by atoms with van der Waals surface area (Å²) in [5.41, 5.74) is 0.625. The van der Waals surface area contributed by atoms with Crippen molar-refractivity contribution < 1.29 is 14.0 Å². The molecule has 0 aromatic heterocycles. The molecule has 0 N–H and O–H groups in total. The standard InChI is InChI=1S/C13H23BO3/c1-12(2)13(3,4)17-14(16-12)10-8-6-7-9-11(10)15-5/h8,11H,6-7,9H2,1-5H3. The molecule has 1 fully saturated rings. The van der Waals surface area contributed by atoms with E-state index in [4.69, 9.17) is 14.0 Å². The normalized spacial score (nSPS) is 31.5. The second kappa shape index (κ2) is 4.41. The van der Waals surface area contributed by atoms with E-state index in [0.717, 1.165) is 18.3 Å². The van der Waals surface area contributed by atoms with E-state index in [-0.39, 0.29) is 24.4 Å². The third-order valence-electron chi connectivity index (χ3n) is 4.23. The SMILES string of the molecule is COC1CCCC=C1B1OC(C)(C)C(C)(C)O1. The molecule has 1 atom stereocenters. The molecule has 1 saturated heterocycles. The van der Waals surface area contributed by atoms with E-state index < -0.39 is 0 Å². The fourth-order valence-electron chi connectivity index (χ4n) is 2.35. The highest BCUT2D eigenvalue weighted by Gasteiger charge is 2.53. The van der Waals surface area contributed by atoms with Gasteiger partial charge < -0.3 is 14.0 Å². The van der Waals surface area contributed by atoms with Crippen LogP contribution in [0.5, 0.6) is 0 Å². The van der Waals surface area contributed by atoms with Gasteiger partial charge in [0, 0.05) is 7.11 Å². The van der Waals surface area contributed by atoms with Crippen LogP contribution in [0.3, 0.4) is 0 Å². The molecule has 0 saturated carbocycles. The Hall–Kier alpha value is -0.315. The van der Waals surface area contributed by atoms with E-state index in [2.05, 4.69) is 33.8 Å². The molecule has 1 unspecified atom stereocenters. The van der Waals surface area contributed by atoms with Crippen molar-refractivity contribution in [3.63, 3.8) is 0 Å². The average Bonchev–Trinajstić information content (AvgIpc) is 2.48. The molecule has 0 spiro atoms. The average molecular weight is 238 g/mol. The summed E-state index contributed by atoms with van der Waals surface area (Å²) in [6.45, 7) is 8.33. The zero-order chi connectivity index (χ0) is 12.7. The predicted molar refractivity (Wildman–Crippen MR) is 68.8 cm³/mol. The van der Waals surface area contributed by atoms with Crippen LogP contribution < -0.4 is 0 Å². The molecule has 0 aromatic rings. The molecule has 3 nitrogen and oxygen atoms in total. The molecular weight excluding hydrogens is 215 g/mol. The van der Waals surface area contributed by atoms with Crippen LogP contribution in [0, 0.1) is 0 Å². The first kappa shape index (κ1) is 13.1. The first-order valence-corrected chi connectivity index (χ1v) is 6.46. The highest BCUT2D eigenvalue weighted by atomic mass is 16.7. The lowest BCUT2D eigenvalue weighted by Gasteiger charge is -2.32. The maximum absolute atomic E-state index is 6.07. The van der Waals surface area contributed by atoms with Gasteiger partial charge in [0.25, 0.3) is 0 Å². The minimum Gasteiger partial charge on any atom is -0.400 e. The van der Waals surface area contributed by atoms with Gasteiger partial charge in [0.2, 0.25) is 0 Å². The van der Waals surface area contributed by atoms with Crippen LogP contribution >= 0.6 is 0 Å². The summed E-state index contributed by atoms with van der Waals surface area (Å²) in [4.78, 5) is 0. The Labute approximate surface area is 105 Å². The fourth-order valence-corrected chi connectivity index (χ4v) is 2.35. The summed E-state index contributed by atoms with van der Waals surface area (Å²) in [7, 11) is 1.51. The van der Waals surface area contributed by atoms with Gasteiger partial charge in [-0.15, -0.1) is 0 Å². The Morgan fingerprint density at radius 3 is 2.35 bits per heavy atom. The van der Waals surface area contributed by atoms with Crippen molar-refractivity contribution in [2.75, 3.05) is 7.11 Å². The van der Waals surface area contributed by atoms with Crippen LogP contribution in [-0.2, 0) is 14.0 Å². The Morgan fingerprint density at radius 1 is 1.24 bits per heavy atom. The van der Waals surface area contributed by atoms with Crippen LogP contribution in [-0.4, -0.2) is 31.5 Å². The van der Waals surface area contributed by atoms with E-state index in [0.29, 0.717) is 0 Å². The maximum Gasteiger partial charge on any atom is 0.492 e. The van der Waals surface area contributed by atoms with Crippen LogP contribution in [0.1, 0.15) is 47.0 Å². The van der Waals surface area contributed by atoms with Gasteiger partial charge >= 0.3 is 7.12 Å². The molecule has 2 aliphatic rings. The second-order valence-corrected chi connectivity index (χ2v) is 5.95. The number of methoxy groups -OCH3 is 1. The molecule has 0 amide bonds. The number of hydrogen-bond donors (Lipinski definition) is 0. The fraction of sp³-hybridized carbons (Fsp3) is 0.846. The lowest BCUT2D eigenvalue weighted by atomic mass is 9.71. The molecular formula is C13H23BO3. The van der Waals surface area contributed by atoms with Crippen molar-refractivity contribution in [1.29, 1.82) is 0 Å². The van der Waals surface area contributed by atoms with Gasteiger partial charge in [0.15, 0.2) is 0 Å². The van der Waals surface area contributed by atoms with Crippen molar-refractivity contribution in [2.45, 2.75) is 64.3 Å². The van der Waals surface area contributed by atoms with Gasteiger partial charge in [0.05, 0.1) is 17.3 Å². The molecule has 0 bridgehead atoms. The van der Waals surface area contributed by atoms with Gasteiger partial charge in [0.1, 0.15) is 0 Å². The third-order valence-corrected chi connectivity index (χ3v) is 4.23. The summed E-state index contributed by atoms with van der Waals surface area (Å²) in [5.74, 6) is 0. The largest absolute Gasteiger partial charge is 0.492 e. The highest BCUT2D eigenvalue weighted by Crippen LogP contribution is 2.40. The molecule has 17 heavy (non-hydrogen) atoms. The first-order chi connectivity index (χ1) is 7.87. The number of allylic oxidation sites excluding steroid dienone is 1. The molecule has 96 valence electrons. The van der Waals surface area contributed by atoms with Gasteiger partial charge in [-0.1, -0.05) is 6.08 Å². The lowest BCUT2D eigenvalue weighted by molar-refractivity contribution is 0.00578. The smallest absolute Gasteiger partial charge is 0.400 e. The van der Waals surface area contributed by atoms with Crippen LogP contribution in [0.25, 0.3) is 0 Å². The van der Waals surface area contributed by atoms with E-state index in [1.54, 1.807) is 7.11 Å². The summed E-state index contributed by atoms with van der Waals surface area (Å²) >= 11 is 0. The van der Waals surface area contributed by atoms with Crippen molar-refractivity contribution in [3.8, 4) is 0 Å². The zero-order valence-electron chi connectivity index (χ0n) is 11.6. The van der Waals surface area contributed by atoms with E-state index >= 15 is 0 Å². The molecule has 4 heteroatoms. The van der Waals surface area contributed by atoms with Gasteiger partial charge in [-0.05, 0) is 52.4 Å². The lowest BCUT2D eigenvalue weighted by Crippen LogP contribution is -2.41. The third kappa shape index (κ3) is 2.31. The van der Waals surface area contributed by atoms with Gasteiger partial charge in [-0.25, -0.2) is 0 Å². The van der Waals surface area contributed by atoms with Crippen molar-refractivity contribution in [1.82, 2.24) is 0 Å². The van der Waals surface area contributed by atoms with Crippen LogP contribution in [0.4, 0.5) is 0 Å². The van der Waals surface area contributed by atoms with E-state index in [1.807, 2.05) is 0 Å². The Morgan fingerprint density at radius 2 is 1.82 bits per heavy atom. The molecule has 0 aromatic carbocycles. The van der Waals surface area contributed by atoms with Crippen LogP contribution in [0.15, 0.2) is 11.5 Å². The summed E-state index contributed by atoms with van der Waals surface area (Å²) < 4.78 is 17.7. The topological polar surface area (TPSA) is 27.7 Å². The highest BCUT2D eigenvalue weighted by molar-refractivity contribution is 6.55. The Balaban J connectivity index is 2.17. The second-order valence-electron chi connectivity index (χ2n) is 5.95. The Kier molecular flexibility index (Phi) is 3.41. The predicted octanol–water partition coefficient (Wildman–Crippen LogP) is 2.74. The number of hydrogen-bond acceptors (Lipinski definition) is 3. The van der Waals surface area contributed by atoms with E-state index in [1.165, 1.54) is 6.42 Å². The van der Waals surface area contributed by atoms with Gasteiger partial charge in [-0.2, -0.15) is 0 Å². The molecule has 1 aliphatic heterocycles. The number of rotatable bonds is 2. The minimum absolute atomic E-state index is 0.151. The molecule has 2 rings (SSSR count). The monoisotopic (exact) mass is 238 g/mol. The zero-order valence-corrected chi connectivity index (χ0v) is 11.6. The van der Waals surface area contributed by atoms with Crippen molar-refractivity contribution in [2.24, 2.45) is 0 Å². The van der Waals surface area contributed by atoms with Crippen LogP contribution in [0.2, 0.25) is 0 Å². The van der Waals surface area contributed by atoms with Crippen molar-refractivity contribution >= 4 is 7.12 Å². The number of ether oxygens (including phenoxy) is 1. The Bertz CT molecular complexity index is 307. The first-order valence-electron chi connectivity index (χ1n) is 6.46. The minimum atomic E-state index is -0.270. The van der Waals surface area contributed by atoms with Crippen molar-refractivity contribution in [3.05, 3.63) is 11.5 Å². The summed E-state index contributed by atoms with van der Waals surface area (Å²) in [6.07, 6.45) is 5.71. The molecule has 0 radical (unpaired) electrons. The maximum atomic E-state index is 6.07. The quantitative estimate of drug-likeness (QED) is 0.692.